The van der Waals surface area contributed by atoms with Crippen molar-refractivity contribution < 1.29 is 14.3 Å². The van der Waals surface area contributed by atoms with Crippen LogP contribution in [0.15, 0.2) is 48.5 Å². The molecule has 2 aromatic carbocycles. The number of para-hydroxylation sites is 1. The Morgan fingerprint density at radius 1 is 1.07 bits per heavy atom. The van der Waals surface area contributed by atoms with Gasteiger partial charge in [0, 0.05) is 37.6 Å². The van der Waals surface area contributed by atoms with Crippen LogP contribution < -0.4 is 25.6 Å². The molecule has 1 fully saturated rings. The van der Waals surface area contributed by atoms with E-state index in [1.807, 2.05) is 18.2 Å². The first-order valence-corrected chi connectivity index (χ1v) is 9.38. The van der Waals surface area contributed by atoms with Crippen molar-refractivity contribution in [2.45, 2.75) is 18.9 Å². The van der Waals surface area contributed by atoms with Gasteiger partial charge >= 0.3 is 6.03 Å². The zero-order valence-electron chi connectivity index (χ0n) is 16.2. The summed E-state index contributed by atoms with van der Waals surface area (Å²) in [7, 11) is 3.06. The van der Waals surface area contributed by atoms with Crippen LogP contribution in [0.3, 0.4) is 0 Å². The lowest BCUT2D eigenvalue weighted by molar-refractivity contribution is 0.0960. The second-order valence-electron chi connectivity index (χ2n) is 6.69. The normalized spacial score (nSPS) is 14.3. The van der Waals surface area contributed by atoms with Crippen LogP contribution in [0.25, 0.3) is 0 Å². The van der Waals surface area contributed by atoms with Crippen molar-refractivity contribution in [3.8, 4) is 5.75 Å². The van der Waals surface area contributed by atoms with Crippen LogP contribution in [0.4, 0.5) is 16.2 Å². The third kappa shape index (κ3) is 4.73. The van der Waals surface area contributed by atoms with Crippen LogP contribution >= 0.6 is 0 Å². The van der Waals surface area contributed by atoms with Gasteiger partial charge in [-0.05, 0) is 43.2 Å². The number of ether oxygens (including phenoxy) is 1. The summed E-state index contributed by atoms with van der Waals surface area (Å²) in [6, 6.07) is 15.1. The number of urea groups is 1. The lowest BCUT2D eigenvalue weighted by Crippen LogP contribution is -2.46. The molecule has 1 aliphatic rings. The first kappa shape index (κ1) is 19.5. The quantitative estimate of drug-likeness (QED) is 0.743. The van der Waals surface area contributed by atoms with Crippen LogP contribution in [0.2, 0.25) is 0 Å². The summed E-state index contributed by atoms with van der Waals surface area (Å²) in [5.41, 5.74) is 2.13. The van der Waals surface area contributed by atoms with Gasteiger partial charge in [0.25, 0.3) is 5.91 Å². The van der Waals surface area contributed by atoms with Crippen LogP contribution in [0, 0.1) is 0 Å². The number of nitrogens with one attached hydrogen (secondary N) is 3. The molecule has 1 heterocycles. The second kappa shape index (κ2) is 9.12. The van der Waals surface area contributed by atoms with Crippen molar-refractivity contribution in [3.63, 3.8) is 0 Å². The molecule has 7 nitrogen and oxygen atoms in total. The Kier molecular flexibility index (Phi) is 6.37. The predicted molar refractivity (Wildman–Crippen MR) is 110 cm³/mol. The Balaban J connectivity index is 1.54. The molecule has 148 valence electrons. The summed E-state index contributed by atoms with van der Waals surface area (Å²) >= 11 is 0. The van der Waals surface area contributed by atoms with E-state index in [9.17, 15) is 9.59 Å². The number of carbonyl (C=O) groups excluding carboxylic acids is 2. The fourth-order valence-corrected chi connectivity index (χ4v) is 3.37. The third-order valence-corrected chi connectivity index (χ3v) is 4.88. The summed E-state index contributed by atoms with van der Waals surface area (Å²) in [5, 5.41) is 8.39. The molecule has 1 saturated heterocycles. The highest BCUT2D eigenvalue weighted by atomic mass is 16.5. The van der Waals surface area contributed by atoms with Crippen molar-refractivity contribution in [1.82, 2.24) is 10.6 Å². The lowest BCUT2D eigenvalue weighted by atomic mass is 10.0. The fourth-order valence-electron chi connectivity index (χ4n) is 3.37. The van der Waals surface area contributed by atoms with E-state index in [-0.39, 0.29) is 18.0 Å². The SMILES string of the molecule is CNC(=O)c1cc(NC(=O)NC2CCN(c3ccccc3)CC2)ccc1OC. The van der Waals surface area contributed by atoms with Crippen molar-refractivity contribution in [2.24, 2.45) is 0 Å². The van der Waals surface area contributed by atoms with Crippen molar-refractivity contribution in [2.75, 3.05) is 37.5 Å². The molecule has 3 rings (SSSR count). The number of hydrogen-bond acceptors (Lipinski definition) is 4. The highest BCUT2D eigenvalue weighted by molar-refractivity contribution is 5.99. The molecule has 28 heavy (non-hydrogen) atoms. The molecule has 3 amide bonds. The maximum Gasteiger partial charge on any atom is 0.319 e. The summed E-state index contributed by atoms with van der Waals surface area (Å²) < 4.78 is 5.20. The fraction of sp³-hybridized carbons (Fsp3) is 0.333. The predicted octanol–water partition coefficient (Wildman–Crippen LogP) is 2.85. The van der Waals surface area contributed by atoms with E-state index >= 15 is 0 Å². The van der Waals surface area contributed by atoms with Gasteiger partial charge in [0.05, 0.1) is 12.7 Å². The van der Waals surface area contributed by atoms with Gasteiger partial charge in [0.1, 0.15) is 5.75 Å². The first-order chi connectivity index (χ1) is 13.6. The minimum Gasteiger partial charge on any atom is -0.496 e. The van der Waals surface area contributed by atoms with E-state index < -0.39 is 0 Å². The van der Waals surface area contributed by atoms with Crippen molar-refractivity contribution in [1.29, 1.82) is 0 Å². The Labute approximate surface area is 165 Å². The van der Waals surface area contributed by atoms with Gasteiger partial charge in [-0.3, -0.25) is 4.79 Å². The maximum absolute atomic E-state index is 12.4. The van der Waals surface area contributed by atoms with Gasteiger partial charge < -0.3 is 25.6 Å². The number of carbonyl (C=O) groups is 2. The molecule has 0 saturated carbocycles. The van der Waals surface area contributed by atoms with Gasteiger partial charge in [-0.15, -0.1) is 0 Å². The number of methoxy groups -OCH3 is 1. The van der Waals surface area contributed by atoms with Crippen LogP contribution in [-0.2, 0) is 0 Å². The van der Waals surface area contributed by atoms with Crippen LogP contribution in [0.1, 0.15) is 23.2 Å². The van der Waals surface area contributed by atoms with Gasteiger partial charge in [-0.1, -0.05) is 18.2 Å². The number of amides is 3. The highest BCUT2D eigenvalue weighted by Crippen LogP contribution is 2.23. The second-order valence-corrected chi connectivity index (χ2v) is 6.69. The highest BCUT2D eigenvalue weighted by Gasteiger charge is 2.21. The minimum absolute atomic E-state index is 0.122. The largest absolute Gasteiger partial charge is 0.496 e. The summed E-state index contributed by atoms with van der Waals surface area (Å²) in [5.74, 6) is 0.188. The summed E-state index contributed by atoms with van der Waals surface area (Å²) in [4.78, 5) is 26.7. The van der Waals surface area contributed by atoms with Crippen molar-refractivity contribution >= 4 is 23.3 Å². The van der Waals surface area contributed by atoms with Gasteiger partial charge in [0.15, 0.2) is 0 Å². The Hall–Kier alpha value is -3.22. The average molecular weight is 382 g/mol. The molecular formula is C21H26N4O3. The van der Waals surface area contributed by atoms with Crippen LogP contribution in [-0.4, -0.2) is 45.2 Å². The number of nitrogens with zero attached hydrogens (tertiary/aromatic N) is 1. The van der Waals surface area contributed by atoms with E-state index in [1.165, 1.54) is 12.8 Å². The lowest BCUT2D eigenvalue weighted by Gasteiger charge is -2.34. The number of rotatable bonds is 5. The molecule has 0 unspecified atom stereocenters. The van der Waals surface area contributed by atoms with E-state index in [1.54, 1.807) is 25.2 Å². The molecule has 0 aliphatic carbocycles. The van der Waals surface area contributed by atoms with E-state index in [0.717, 1.165) is 25.9 Å². The van der Waals surface area contributed by atoms with E-state index in [0.29, 0.717) is 17.0 Å². The van der Waals surface area contributed by atoms with Gasteiger partial charge in [-0.25, -0.2) is 4.79 Å². The molecule has 0 bridgehead atoms. The smallest absolute Gasteiger partial charge is 0.319 e. The summed E-state index contributed by atoms with van der Waals surface area (Å²) in [6.07, 6.45) is 1.77. The molecule has 0 radical (unpaired) electrons. The van der Waals surface area contributed by atoms with Gasteiger partial charge in [0.2, 0.25) is 0 Å². The average Bonchev–Trinajstić information content (AvgIpc) is 2.74. The van der Waals surface area contributed by atoms with Crippen molar-refractivity contribution in [3.05, 3.63) is 54.1 Å². The molecule has 0 spiro atoms. The monoisotopic (exact) mass is 382 g/mol. The number of benzene rings is 2. The van der Waals surface area contributed by atoms with Crippen LogP contribution in [0.5, 0.6) is 5.75 Å². The number of hydrogen-bond donors (Lipinski definition) is 3. The van der Waals surface area contributed by atoms with E-state index in [4.69, 9.17) is 4.74 Å². The Morgan fingerprint density at radius 3 is 2.43 bits per heavy atom. The Morgan fingerprint density at radius 2 is 1.79 bits per heavy atom. The van der Waals surface area contributed by atoms with E-state index in [2.05, 4.69) is 33.0 Å². The topological polar surface area (TPSA) is 82.7 Å². The Bertz CT molecular complexity index is 818. The molecule has 7 heteroatoms. The zero-order chi connectivity index (χ0) is 19.9. The minimum atomic E-state index is -0.272. The molecule has 0 aromatic heterocycles. The molecular weight excluding hydrogens is 356 g/mol. The standard InChI is InChI=1S/C21H26N4O3/c1-22-20(26)18-14-16(8-9-19(18)28-2)24-21(27)23-15-10-12-25(13-11-15)17-6-4-3-5-7-17/h3-9,14-15H,10-13H2,1-2H3,(H,22,26)(H2,23,24,27). The molecule has 0 atom stereocenters. The molecule has 1 aliphatic heterocycles. The maximum atomic E-state index is 12.4. The zero-order valence-corrected chi connectivity index (χ0v) is 16.2. The molecule has 3 N–H and O–H groups in total. The summed E-state index contributed by atoms with van der Waals surface area (Å²) in [6.45, 7) is 1.80. The molecule has 2 aromatic rings. The first-order valence-electron chi connectivity index (χ1n) is 9.38. The number of anilines is 2. The third-order valence-electron chi connectivity index (χ3n) is 4.88. The number of piperidine rings is 1. The van der Waals surface area contributed by atoms with Gasteiger partial charge in [-0.2, -0.15) is 0 Å².